The minimum absolute atomic E-state index is 0.0880. The predicted molar refractivity (Wildman–Crippen MR) is 98.1 cm³/mol. The molecule has 0 unspecified atom stereocenters. The molecule has 0 atom stereocenters. The maximum Gasteiger partial charge on any atom is 0.251 e. The summed E-state index contributed by atoms with van der Waals surface area (Å²) in [5, 5.41) is 5.81. The van der Waals surface area contributed by atoms with Crippen molar-refractivity contribution in [2.75, 3.05) is 5.32 Å². The van der Waals surface area contributed by atoms with E-state index < -0.39 is 0 Å². The Kier molecular flexibility index (Phi) is 4.95. The number of anilines is 1. The van der Waals surface area contributed by atoms with Crippen molar-refractivity contribution in [2.45, 2.75) is 19.4 Å². The zero-order valence-corrected chi connectivity index (χ0v) is 14.7. The highest BCUT2D eigenvalue weighted by Gasteiger charge is 2.29. The summed E-state index contributed by atoms with van der Waals surface area (Å²) in [6, 6.07) is 15.0. The third kappa shape index (κ3) is 4.54. The van der Waals surface area contributed by atoms with Gasteiger partial charge in [-0.05, 0) is 77.4 Å². The Morgan fingerprint density at radius 3 is 2.52 bits per heavy atom. The highest BCUT2D eigenvalue weighted by atomic mass is 127. The standard InChI is InChI=1S/C18H17IN2O2/c19-15-8-6-13(7-9-15)17(22)20-11-12-2-1-3-16(10-12)21-18(23)14-4-5-14/h1-3,6-10,14H,4-5,11H2,(H,20,22)(H,21,23). The molecular formula is C18H17IN2O2. The summed E-state index contributed by atoms with van der Waals surface area (Å²) in [6.45, 7) is 0.429. The van der Waals surface area contributed by atoms with Gasteiger partial charge in [0.1, 0.15) is 0 Å². The maximum atomic E-state index is 12.1. The van der Waals surface area contributed by atoms with Crippen LogP contribution >= 0.6 is 22.6 Å². The Morgan fingerprint density at radius 1 is 1.09 bits per heavy atom. The molecule has 5 heteroatoms. The molecule has 1 fully saturated rings. The lowest BCUT2D eigenvalue weighted by molar-refractivity contribution is -0.117. The van der Waals surface area contributed by atoms with Crippen molar-refractivity contribution in [1.29, 1.82) is 0 Å². The van der Waals surface area contributed by atoms with Gasteiger partial charge in [-0.3, -0.25) is 9.59 Å². The van der Waals surface area contributed by atoms with Gasteiger partial charge in [0.25, 0.3) is 5.91 Å². The van der Waals surface area contributed by atoms with Crippen molar-refractivity contribution in [3.05, 3.63) is 63.2 Å². The first kappa shape index (κ1) is 16.0. The maximum absolute atomic E-state index is 12.1. The largest absolute Gasteiger partial charge is 0.348 e. The number of carbonyl (C=O) groups excluding carboxylic acids is 2. The molecule has 0 bridgehead atoms. The molecule has 23 heavy (non-hydrogen) atoms. The van der Waals surface area contributed by atoms with Crippen LogP contribution in [0.4, 0.5) is 5.69 Å². The number of carbonyl (C=O) groups is 2. The number of halogens is 1. The van der Waals surface area contributed by atoms with Crippen molar-refractivity contribution in [3.63, 3.8) is 0 Å². The van der Waals surface area contributed by atoms with Crippen LogP contribution in [0.25, 0.3) is 0 Å². The zero-order chi connectivity index (χ0) is 16.2. The summed E-state index contributed by atoms with van der Waals surface area (Å²) < 4.78 is 1.10. The molecule has 0 heterocycles. The van der Waals surface area contributed by atoms with Crippen molar-refractivity contribution >= 4 is 40.1 Å². The lowest BCUT2D eigenvalue weighted by atomic mass is 10.1. The van der Waals surface area contributed by atoms with Gasteiger partial charge >= 0.3 is 0 Å². The molecule has 1 aliphatic carbocycles. The molecule has 0 aliphatic heterocycles. The zero-order valence-electron chi connectivity index (χ0n) is 12.5. The average molecular weight is 420 g/mol. The fourth-order valence-corrected chi connectivity index (χ4v) is 2.59. The van der Waals surface area contributed by atoms with Gasteiger partial charge in [-0.2, -0.15) is 0 Å². The van der Waals surface area contributed by atoms with Gasteiger partial charge in [0, 0.05) is 27.3 Å². The highest BCUT2D eigenvalue weighted by molar-refractivity contribution is 14.1. The van der Waals surface area contributed by atoms with E-state index in [0.717, 1.165) is 27.7 Å². The molecule has 4 nitrogen and oxygen atoms in total. The van der Waals surface area contributed by atoms with Crippen LogP contribution in [0.3, 0.4) is 0 Å². The van der Waals surface area contributed by atoms with Crippen molar-refractivity contribution in [3.8, 4) is 0 Å². The van der Waals surface area contributed by atoms with Crippen molar-refractivity contribution < 1.29 is 9.59 Å². The van der Waals surface area contributed by atoms with Gasteiger partial charge in [0.05, 0.1) is 0 Å². The second-order valence-corrected chi connectivity index (χ2v) is 6.90. The summed E-state index contributed by atoms with van der Waals surface area (Å²) >= 11 is 2.21. The fraction of sp³-hybridized carbons (Fsp3) is 0.222. The minimum Gasteiger partial charge on any atom is -0.348 e. The van der Waals surface area contributed by atoms with Crippen LogP contribution in [-0.2, 0) is 11.3 Å². The molecule has 118 valence electrons. The van der Waals surface area contributed by atoms with Crippen LogP contribution in [0.2, 0.25) is 0 Å². The predicted octanol–water partition coefficient (Wildman–Crippen LogP) is 3.57. The van der Waals surface area contributed by atoms with E-state index in [0.29, 0.717) is 12.1 Å². The van der Waals surface area contributed by atoms with Gasteiger partial charge in [0.15, 0.2) is 0 Å². The smallest absolute Gasteiger partial charge is 0.251 e. The Labute approximate surface area is 148 Å². The molecule has 2 N–H and O–H groups in total. The molecule has 2 aromatic rings. The Hall–Kier alpha value is -1.89. The molecular weight excluding hydrogens is 403 g/mol. The van der Waals surface area contributed by atoms with Gasteiger partial charge in [-0.1, -0.05) is 12.1 Å². The van der Waals surface area contributed by atoms with Crippen LogP contribution in [0.15, 0.2) is 48.5 Å². The lowest BCUT2D eigenvalue weighted by Crippen LogP contribution is -2.22. The van der Waals surface area contributed by atoms with Crippen LogP contribution in [0.5, 0.6) is 0 Å². The van der Waals surface area contributed by atoms with E-state index in [9.17, 15) is 9.59 Å². The molecule has 1 saturated carbocycles. The second kappa shape index (κ2) is 7.12. The number of rotatable bonds is 5. The van der Waals surface area contributed by atoms with E-state index in [-0.39, 0.29) is 17.7 Å². The van der Waals surface area contributed by atoms with Gasteiger partial charge in [-0.25, -0.2) is 0 Å². The highest BCUT2D eigenvalue weighted by Crippen LogP contribution is 2.30. The number of amides is 2. The minimum atomic E-state index is -0.103. The number of benzene rings is 2. The Bertz CT molecular complexity index is 724. The van der Waals surface area contributed by atoms with Crippen LogP contribution in [0, 0.1) is 9.49 Å². The summed E-state index contributed by atoms with van der Waals surface area (Å²) in [7, 11) is 0. The third-order valence-corrected chi connectivity index (χ3v) is 4.42. The summed E-state index contributed by atoms with van der Waals surface area (Å²) in [5.41, 5.74) is 2.38. The molecule has 1 aliphatic rings. The number of hydrogen-bond donors (Lipinski definition) is 2. The van der Waals surface area contributed by atoms with E-state index in [4.69, 9.17) is 0 Å². The van der Waals surface area contributed by atoms with Crippen LogP contribution < -0.4 is 10.6 Å². The van der Waals surface area contributed by atoms with Gasteiger partial charge in [0.2, 0.25) is 5.91 Å². The van der Waals surface area contributed by atoms with E-state index in [1.54, 1.807) is 0 Å². The van der Waals surface area contributed by atoms with Crippen LogP contribution in [-0.4, -0.2) is 11.8 Å². The molecule has 2 amide bonds. The average Bonchev–Trinajstić information content (AvgIpc) is 3.38. The summed E-state index contributed by atoms with van der Waals surface area (Å²) in [4.78, 5) is 23.9. The first-order valence-electron chi connectivity index (χ1n) is 7.55. The van der Waals surface area contributed by atoms with Crippen molar-refractivity contribution in [2.24, 2.45) is 5.92 Å². The molecule has 2 aromatic carbocycles. The summed E-state index contributed by atoms with van der Waals surface area (Å²) in [5.74, 6) is 0.165. The number of nitrogens with one attached hydrogen (secondary N) is 2. The van der Waals surface area contributed by atoms with Crippen molar-refractivity contribution in [1.82, 2.24) is 5.32 Å². The van der Waals surface area contributed by atoms with E-state index in [1.807, 2.05) is 48.5 Å². The third-order valence-electron chi connectivity index (χ3n) is 3.70. The van der Waals surface area contributed by atoms with Gasteiger partial charge in [-0.15, -0.1) is 0 Å². The number of hydrogen-bond acceptors (Lipinski definition) is 2. The molecule has 0 radical (unpaired) electrons. The lowest BCUT2D eigenvalue weighted by Gasteiger charge is -2.08. The molecule has 3 rings (SSSR count). The van der Waals surface area contributed by atoms with E-state index >= 15 is 0 Å². The van der Waals surface area contributed by atoms with E-state index in [2.05, 4.69) is 33.2 Å². The quantitative estimate of drug-likeness (QED) is 0.727. The monoisotopic (exact) mass is 420 g/mol. The summed E-state index contributed by atoms with van der Waals surface area (Å²) in [6.07, 6.45) is 1.97. The first-order valence-corrected chi connectivity index (χ1v) is 8.63. The van der Waals surface area contributed by atoms with Crippen LogP contribution in [0.1, 0.15) is 28.8 Å². The van der Waals surface area contributed by atoms with Gasteiger partial charge < -0.3 is 10.6 Å². The fourth-order valence-electron chi connectivity index (χ4n) is 2.23. The Balaban J connectivity index is 1.58. The Morgan fingerprint density at radius 2 is 1.83 bits per heavy atom. The van der Waals surface area contributed by atoms with E-state index in [1.165, 1.54) is 0 Å². The molecule has 0 spiro atoms. The second-order valence-electron chi connectivity index (χ2n) is 5.65. The molecule has 0 saturated heterocycles. The first-order chi connectivity index (χ1) is 11.1. The molecule has 0 aromatic heterocycles. The normalized spacial score (nSPS) is 13.4. The SMILES string of the molecule is O=C(NCc1cccc(NC(=O)C2CC2)c1)c1ccc(I)cc1. The topological polar surface area (TPSA) is 58.2 Å².